The second-order valence-corrected chi connectivity index (χ2v) is 8.91. The van der Waals surface area contributed by atoms with Crippen molar-refractivity contribution in [1.82, 2.24) is 10.2 Å². The summed E-state index contributed by atoms with van der Waals surface area (Å²) in [6.07, 6.45) is 1.25. The van der Waals surface area contributed by atoms with Crippen molar-refractivity contribution >= 4 is 9.84 Å². The van der Waals surface area contributed by atoms with Crippen LogP contribution < -0.4 is 5.32 Å². The van der Waals surface area contributed by atoms with Crippen LogP contribution in [-0.2, 0) is 9.84 Å². The smallest absolute Gasteiger partial charge is 0.175 e. The molecule has 4 nitrogen and oxygen atoms in total. The molecule has 1 fully saturated rings. The van der Waals surface area contributed by atoms with E-state index in [9.17, 15) is 8.42 Å². The summed E-state index contributed by atoms with van der Waals surface area (Å²) in [6, 6.07) is 7.69. The van der Waals surface area contributed by atoms with E-state index in [0.717, 1.165) is 26.2 Å². The minimum absolute atomic E-state index is 0.101. The highest BCUT2D eigenvalue weighted by Crippen LogP contribution is 2.38. The molecular formula is C16H26N2O2S. The minimum Gasteiger partial charge on any atom is -0.314 e. The molecule has 1 aliphatic rings. The van der Waals surface area contributed by atoms with Gasteiger partial charge in [0.1, 0.15) is 0 Å². The number of hydrogen-bond donors (Lipinski definition) is 1. The zero-order chi connectivity index (χ0) is 15.7. The lowest BCUT2D eigenvalue weighted by Gasteiger charge is -2.42. The molecule has 1 saturated heterocycles. The molecule has 118 valence electrons. The van der Waals surface area contributed by atoms with Gasteiger partial charge in [-0.1, -0.05) is 32.9 Å². The van der Waals surface area contributed by atoms with Gasteiger partial charge in [0.15, 0.2) is 9.84 Å². The second-order valence-electron chi connectivity index (χ2n) is 6.90. The number of benzene rings is 1. The van der Waals surface area contributed by atoms with Gasteiger partial charge >= 0.3 is 0 Å². The Morgan fingerprint density at radius 1 is 1.10 bits per heavy atom. The molecule has 0 aromatic heterocycles. The molecule has 0 bridgehead atoms. The molecule has 21 heavy (non-hydrogen) atoms. The molecule has 2 rings (SSSR count). The Labute approximate surface area is 128 Å². The van der Waals surface area contributed by atoms with E-state index in [1.807, 2.05) is 12.1 Å². The lowest BCUT2D eigenvalue weighted by atomic mass is 9.81. The quantitative estimate of drug-likeness (QED) is 0.929. The Balaban J connectivity index is 2.33. The third kappa shape index (κ3) is 4.05. The highest BCUT2D eigenvalue weighted by Gasteiger charge is 2.32. The van der Waals surface area contributed by atoms with Gasteiger partial charge in [-0.25, -0.2) is 8.42 Å². The Hall–Kier alpha value is -0.910. The first-order chi connectivity index (χ1) is 9.69. The maximum atomic E-state index is 11.6. The molecule has 1 aromatic carbocycles. The first kappa shape index (κ1) is 16.5. The van der Waals surface area contributed by atoms with Crippen LogP contribution in [0.3, 0.4) is 0 Å². The topological polar surface area (TPSA) is 49.4 Å². The minimum atomic E-state index is -3.13. The Morgan fingerprint density at radius 3 is 2.05 bits per heavy atom. The van der Waals surface area contributed by atoms with Crippen molar-refractivity contribution < 1.29 is 8.42 Å². The number of rotatable bonds is 3. The van der Waals surface area contributed by atoms with Crippen molar-refractivity contribution in [2.75, 3.05) is 32.4 Å². The summed E-state index contributed by atoms with van der Waals surface area (Å²) >= 11 is 0. The zero-order valence-electron chi connectivity index (χ0n) is 13.4. The van der Waals surface area contributed by atoms with Crippen LogP contribution in [0.15, 0.2) is 29.2 Å². The fraction of sp³-hybridized carbons (Fsp3) is 0.625. The highest BCUT2D eigenvalue weighted by molar-refractivity contribution is 7.90. The van der Waals surface area contributed by atoms with Crippen LogP contribution in [0.1, 0.15) is 32.4 Å². The number of nitrogens with one attached hydrogen (secondary N) is 1. The van der Waals surface area contributed by atoms with Gasteiger partial charge in [0, 0.05) is 38.5 Å². The number of nitrogens with zero attached hydrogens (tertiary/aromatic N) is 1. The number of hydrogen-bond acceptors (Lipinski definition) is 4. The summed E-state index contributed by atoms with van der Waals surface area (Å²) in [6.45, 7) is 10.8. The van der Waals surface area contributed by atoms with Gasteiger partial charge in [0.25, 0.3) is 0 Å². The van der Waals surface area contributed by atoms with E-state index in [1.54, 1.807) is 12.1 Å². The Kier molecular flexibility index (Phi) is 4.76. The predicted molar refractivity (Wildman–Crippen MR) is 86.2 cm³/mol. The molecule has 0 spiro atoms. The number of piperazine rings is 1. The van der Waals surface area contributed by atoms with Crippen LogP contribution in [-0.4, -0.2) is 45.8 Å². The van der Waals surface area contributed by atoms with Crippen molar-refractivity contribution in [1.29, 1.82) is 0 Å². The van der Waals surface area contributed by atoms with Crippen molar-refractivity contribution in [3.05, 3.63) is 29.8 Å². The van der Waals surface area contributed by atoms with E-state index in [2.05, 4.69) is 31.0 Å². The van der Waals surface area contributed by atoms with Crippen LogP contribution in [0.2, 0.25) is 0 Å². The van der Waals surface area contributed by atoms with Gasteiger partial charge in [-0.05, 0) is 23.1 Å². The van der Waals surface area contributed by atoms with E-state index in [-0.39, 0.29) is 5.41 Å². The molecule has 0 aliphatic carbocycles. The largest absolute Gasteiger partial charge is 0.314 e. The van der Waals surface area contributed by atoms with Crippen molar-refractivity contribution in [2.24, 2.45) is 5.41 Å². The summed E-state index contributed by atoms with van der Waals surface area (Å²) in [4.78, 5) is 2.88. The van der Waals surface area contributed by atoms with Gasteiger partial charge < -0.3 is 5.32 Å². The predicted octanol–water partition coefficient (Wildman–Crippen LogP) is 2.08. The van der Waals surface area contributed by atoms with Gasteiger partial charge in [0.2, 0.25) is 0 Å². The normalized spacial score (nSPS) is 19.4. The lowest BCUT2D eigenvalue weighted by molar-refractivity contribution is 0.0862. The van der Waals surface area contributed by atoms with E-state index < -0.39 is 9.84 Å². The molecular weight excluding hydrogens is 284 g/mol. The van der Waals surface area contributed by atoms with Crippen LogP contribution in [0, 0.1) is 5.41 Å². The SMILES string of the molecule is CC(C)(C)[C@@H](c1ccc(S(C)(=O)=O)cc1)N1CCNCC1. The third-order valence-electron chi connectivity index (χ3n) is 3.96. The standard InChI is InChI=1S/C16H26N2O2S/c1-16(2,3)15(18-11-9-17-10-12-18)13-5-7-14(8-6-13)21(4,19)20/h5-8,15,17H,9-12H2,1-4H3/t15-/m1/s1. The molecule has 5 heteroatoms. The van der Waals surface area contributed by atoms with Crippen molar-refractivity contribution in [3.63, 3.8) is 0 Å². The summed E-state index contributed by atoms with van der Waals surface area (Å²) in [5.41, 5.74) is 1.29. The molecule has 0 amide bonds. The second kappa shape index (κ2) is 6.07. The van der Waals surface area contributed by atoms with Gasteiger partial charge in [-0.3, -0.25) is 4.90 Å². The van der Waals surface area contributed by atoms with E-state index in [4.69, 9.17) is 0 Å². The molecule has 1 heterocycles. The van der Waals surface area contributed by atoms with Crippen LogP contribution in [0.25, 0.3) is 0 Å². The highest BCUT2D eigenvalue weighted by atomic mass is 32.2. The summed E-state index contributed by atoms with van der Waals surface area (Å²) in [5, 5.41) is 3.38. The molecule has 0 unspecified atom stereocenters. The van der Waals surface area contributed by atoms with Gasteiger partial charge in [-0.2, -0.15) is 0 Å². The van der Waals surface area contributed by atoms with Crippen molar-refractivity contribution in [3.8, 4) is 0 Å². The maximum Gasteiger partial charge on any atom is 0.175 e. The van der Waals surface area contributed by atoms with Crippen LogP contribution >= 0.6 is 0 Å². The summed E-state index contributed by atoms with van der Waals surface area (Å²) in [5.74, 6) is 0. The van der Waals surface area contributed by atoms with Crippen molar-refractivity contribution in [2.45, 2.75) is 31.7 Å². The monoisotopic (exact) mass is 310 g/mol. The molecule has 0 saturated carbocycles. The first-order valence-corrected chi connectivity index (χ1v) is 9.33. The van der Waals surface area contributed by atoms with Crippen LogP contribution in [0.4, 0.5) is 0 Å². The summed E-state index contributed by atoms with van der Waals surface area (Å²) in [7, 11) is -3.13. The van der Waals surface area contributed by atoms with Gasteiger partial charge in [-0.15, -0.1) is 0 Å². The molecule has 1 N–H and O–H groups in total. The Morgan fingerprint density at radius 2 is 1.62 bits per heavy atom. The van der Waals surface area contributed by atoms with E-state index >= 15 is 0 Å². The zero-order valence-corrected chi connectivity index (χ0v) is 14.2. The molecule has 1 aliphatic heterocycles. The van der Waals surface area contributed by atoms with E-state index in [1.165, 1.54) is 11.8 Å². The molecule has 1 aromatic rings. The lowest BCUT2D eigenvalue weighted by Crippen LogP contribution is -2.48. The van der Waals surface area contributed by atoms with Crippen LogP contribution in [0.5, 0.6) is 0 Å². The van der Waals surface area contributed by atoms with Gasteiger partial charge in [0.05, 0.1) is 4.90 Å². The fourth-order valence-electron chi connectivity index (χ4n) is 3.10. The Bertz CT molecular complexity index is 567. The number of sulfone groups is 1. The van der Waals surface area contributed by atoms with E-state index in [0.29, 0.717) is 10.9 Å². The average molecular weight is 310 g/mol. The molecule has 0 radical (unpaired) electrons. The average Bonchev–Trinajstić information content (AvgIpc) is 2.38. The third-order valence-corrected chi connectivity index (χ3v) is 5.09. The molecule has 1 atom stereocenters. The summed E-state index contributed by atoms with van der Waals surface area (Å²) < 4.78 is 23.2. The fourth-order valence-corrected chi connectivity index (χ4v) is 3.73. The first-order valence-electron chi connectivity index (χ1n) is 7.44. The maximum absolute atomic E-state index is 11.6.